The molecule has 0 aliphatic carbocycles. The third-order valence-corrected chi connectivity index (χ3v) is 5.15. The largest absolute Gasteiger partial charge is 0.374 e. The van der Waals surface area contributed by atoms with Crippen LogP contribution in [0.4, 0.5) is 11.5 Å². The van der Waals surface area contributed by atoms with Crippen molar-refractivity contribution in [2.24, 2.45) is 5.84 Å². The summed E-state index contributed by atoms with van der Waals surface area (Å²) in [6, 6.07) is 6.48. The highest BCUT2D eigenvalue weighted by molar-refractivity contribution is 7.98. The van der Waals surface area contributed by atoms with Crippen molar-refractivity contribution in [3.8, 4) is 11.4 Å². The van der Waals surface area contributed by atoms with E-state index in [1.54, 1.807) is 0 Å². The van der Waals surface area contributed by atoms with Crippen molar-refractivity contribution in [2.45, 2.75) is 17.9 Å². The number of nitrogen functional groups attached to an aromatic ring is 1. The summed E-state index contributed by atoms with van der Waals surface area (Å²) in [4.78, 5) is 11.6. The Morgan fingerprint density at radius 1 is 1.29 bits per heavy atom. The smallest absolute Gasteiger partial charge is 0.161 e. The van der Waals surface area contributed by atoms with Crippen LogP contribution < -0.4 is 16.2 Å². The summed E-state index contributed by atoms with van der Waals surface area (Å²) in [6.45, 7) is 1.08. The fourth-order valence-corrected chi connectivity index (χ4v) is 4.05. The van der Waals surface area contributed by atoms with Crippen LogP contribution in [0, 0.1) is 0 Å². The molecule has 6 heteroatoms. The molecule has 0 bridgehead atoms. The number of nitrogens with two attached hydrogens (primary N) is 1. The van der Waals surface area contributed by atoms with Crippen LogP contribution in [0.15, 0.2) is 18.2 Å². The van der Waals surface area contributed by atoms with Crippen LogP contribution in [0.1, 0.15) is 16.8 Å². The van der Waals surface area contributed by atoms with Crippen LogP contribution in [0.2, 0.25) is 0 Å². The second kappa shape index (κ2) is 4.89. The predicted molar refractivity (Wildman–Crippen MR) is 87.3 cm³/mol. The summed E-state index contributed by atoms with van der Waals surface area (Å²) in [6.07, 6.45) is 1.09. The number of hydrazine groups is 1. The molecule has 2 aliphatic heterocycles. The van der Waals surface area contributed by atoms with Gasteiger partial charge in [-0.05, 0) is 30.2 Å². The lowest BCUT2D eigenvalue weighted by Crippen LogP contribution is -2.13. The molecule has 0 saturated carbocycles. The molecule has 0 atom stereocenters. The molecule has 0 unspecified atom stereocenters. The first kappa shape index (κ1) is 12.9. The zero-order chi connectivity index (χ0) is 14.4. The van der Waals surface area contributed by atoms with E-state index in [9.17, 15) is 0 Å². The SMILES string of the molecule is CN1CCc2cc(-c3nc4c(c(NN)n3)CSC4)ccc21. The van der Waals surface area contributed by atoms with Gasteiger partial charge in [0.2, 0.25) is 0 Å². The van der Waals surface area contributed by atoms with Crippen LogP contribution in [0.25, 0.3) is 11.4 Å². The standard InChI is InChI=1S/C15H17N5S/c1-20-5-4-9-6-10(2-3-13(9)20)14-17-12-8-21-7-11(12)15(18-14)19-16/h2-3,6H,4-5,7-8,16H2,1H3,(H,17,18,19). The second-order valence-corrected chi connectivity index (χ2v) is 6.46. The van der Waals surface area contributed by atoms with Gasteiger partial charge in [0.1, 0.15) is 5.82 Å². The Morgan fingerprint density at radius 2 is 2.19 bits per heavy atom. The van der Waals surface area contributed by atoms with Gasteiger partial charge in [-0.3, -0.25) is 0 Å². The second-order valence-electron chi connectivity index (χ2n) is 5.47. The Bertz CT molecular complexity index is 715. The van der Waals surface area contributed by atoms with Gasteiger partial charge in [-0.2, -0.15) is 11.8 Å². The summed E-state index contributed by atoms with van der Waals surface area (Å²) in [5.41, 5.74) is 8.73. The molecule has 2 aromatic rings. The minimum Gasteiger partial charge on any atom is -0.374 e. The molecule has 2 aliphatic rings. The highest BCUT2D eigenvalue weighted by atomic mass is 32.2. The van der Waals surface area contributed by atoms with Crippen LogP contribution in [-0.4, -0.2) is 23.6 Å². The summed E-state index contributed by atoms with van der Waals surface area (Å²) in [5, 5.41) is 0. The van der Waals surface area contributed by atoms with Crippen LogP contribution in [0.5, 0.6) is 0 Å². The lowest BCUT2D eigenvalue weighted by Gasteiger charge is -2.13. The molecule has 0 amide bonds. The maximum absolute atomic E-state index is 5.62. The van der Waals surface area contributed by atoms with E-state index in [0.29, 0.717) is 0 Å². The third-order valence-electron chi connectivity index (χ3n) is 4.18. The van der Waals surface area contributed by atoms with Crippen molar-refractivity contribution >= 4 is 23.3 Å². The lowest BCUT2D eigenvalue weighted by atomic mass is 10.1. The molecule has 0 spiro atoms. The van der Waals surface area contributed by atoms with E-state index in [0.717, 1.165) is 52.9 Å². The van der Waals surface area contributed by atoms with Gasteiger partial charge in [0, 0.05) is 41.9 Å². The Kier molecular flexibility index (Phi) is 3.01. The molecule has 4 rings (SSSR count). The predicted octanol–water partition coefficient (Wildman–Crippen LogP) is 2.17. The van der Waals surface area contributed by atoms with Crippen molar-refractivity contribution in [1.29, 1.82) is 0 Å². The van der Waals surface area contributed by atoms with Gasteiger partial charge >= 0.3 is 0 Å². The van der Waals surface area contributed by atoms with Gasteiger partial charge in [0.25, 0.3) is 0 Å². The van der Waals surface area contributed by atoms with Gasteiger partial charge in [-0.1, -0.05) is 0 Å². The van der Waals surface area contributed by atoms with E-state index in [-0.39, 0.29) is 0 Å². The summed E-state index contributed by atoms with van der Waals surface area (Å²) >= 11 is 1.85. The van der Waals surface area contributed by atoms with E-state index in [1.165, 1.54) is 11.3 Å². The molecule has 0 saturated heterocycles. The minimum atomic E-state index is 0.762. The molecule has 1 aromatic heterocycles. The monoisotopic (exact) mass is 299 g/mol. The Hall–Kier alpha value is -1.79. The molecular weight excluding hydrogens is 282 g/mol. The van der Waals surface area contributed by atoms with Crippen LogP contribution >= 0.6 is 11.8 Å². The van der Waals surface area contributed by atoms with E-state index in [4.69, 9.17) is 10.8 Å². The number of aromatic nitrogens is 2. The molecule has 3 heterocycles. The van der Waals surface area contributed by atoms with E-state index in [1.807, 2.05) is 11.8 Å². The van der Waals surface area contributed by atoms with E-state index < -0.39 is 0 Å². The molecule has 108 valence electrons. The minimum absolute atomic E-state index is 0.762. The van der Waals surface area contributed by atoms with Gasteiger partial charge < -0.3 is 10.3 Å². The Balaban J connectivity index is 1.81. The van der Waals surface area contributed by atoms with Gasteiger partial charge in [0.05, 0.1) is 5.69 Å². The number of rotatable bonds is 2. The van der Waals surface area contributed by atoms with Gasteiger partial charge in [-0.25, -0.2) is 15.8 Å². The van der Waals surface area contributed by atoms with Gasteiger partial charge in [-0.15, -0.1) is 0 Å². The maximum Gasteiger partial charge on any atom is 0.161 e. The quantitative estimate of drug-likeness (QED) is 0.654. The van der Waals surface area contributed by atoms with Crippen molar-refractivity contribution < 1.29 is 0 Å². The topological polar surface area (TPSA) is 67.1 Å². The fraction of sp³-hybridized carbons (Fsp3) is 0.333. The van der Waals surface area contributed by atoms with E-state index in [2.05, 4.69) is 40.6 Å². The highest BCUT2D eigenvalue weighted by Gasteiger charge is 2.21. The number of thioether (sulfide) groups is 1. The molecular formula is C15H17N5S. The zero-order valence-corrected chi connectivity index (χ0v) is 12.7. The fourth-order valence-electron chi connectivity index (χ4n) is 3.01. The van der Waals surface area contributed by atoms with Crippen LogP contribution in [-0.2, 0) is 17.9 Å². The number of hydrogen-bond donors (Lipinski definition) is 2. The average molecular weight is 299 g/mol. The summed E-state index contributed by atoms with van der Waals surface area (Å²) in [7, 11) is 2.13. The average Bonchev–Trinajstić information content (AvgIpc) is 3.12. The number of hydrogen-bond acceptors (Lipinski definition) is 6. The normalized spacial score (nSPS) is 16.0. The number of benzene rings is 1. The van der Waals surface area contributed by atoms with Gasteiger partial charge in [0.15, 0.2) is 5.82 Å². The van der Waals surface area contributed by atoms with Crippen molar-refractivity contribution in [1.82, 2.24) is 9.97 Å². The van der Waals surface area contributed by atoms with Crippen molar-refractivity contribution in [3.05, 3.63) is 35.0 Å². The molecule has 21 heavy (non-hydrogen) atoms. The Morgan fingerprint density at radius 3 is 3.05 bits per heavy atom. The van der Waals surface area contributed by atoms with Crippen LogP contribution in [0.3, 0.4) is 0 Å². The maximum atomic E-state index is 5.62. The number of anilines is 2. The number of nitrogens with one attached hydrogen (secondary N) is 1. The number of fused-ring (bicyclic) bond motifs is 2. The molecule has 0 fully saturated rings. The van der Waals surface area contributed by atoms with Crippen molar-refractivity contribution in [2.75, 3.05) is 23.9 Å². The lowest BCUT2D eigenvalue weighted by molar-refractivity contribution is 0.956. The number of nitrogens with zero attached hydrogens (tertiary/aromatic N) is 3. The Labute approximate surface area is 127 Å². The number of likely N-dealkylation sites (N-methyl/N-ethyl adjacent to an activating group) is 1. The third kappa shape index (κ3) is 2.06. The molecule has 1 aromatic carbocycles. The van der Waals surface area contributed by atoms with E-state index >= 15 is 0 Å². The first-order chi connectivity index (χ1) is 10.3. The summed E-state index contributed by atoms with van der Waals surface area (Å²) < 4.78 is 0. The molecule has 5 nitrogen and oxygen atoms in total. The summed E-state index contributed by atoms with van der Waals surface area (Å²) in [5.74, 6) is 9.02. The molecule has 3 N–H and O–H groups in total. The first-order valence-electron chi connectivity index (χ1n) is 7.05. The zero-order valence-electron chi connectivity index (χ0n) is 11.9. The highest BCUT2D eigenvalue weighted by Crippen LogP contribution is 2.35. The molecule has 0 radical (unpaired) electrons. The van der Waals surface area contributed by atoms with Crippen molar-refractivity contribution in [3.63, 3.8) is 0 Å². The first-order valence-corrected chi connectivity index (χ1v) is 8.20.